The van der Waals surface area contributed by atoms with E-state index in [2.05, 4.69) is 26.0 Å². The first-order valence-electron chi connectivity index (χ1n) is 10.4. The zero-order valence-electron chi connectivity index (χ0n) is 18.2. The molecule has 0 radical (unpaired) electrons. The van der Waals surface area contributed by atoms with Crippen LogP contribution >= 0.6 is 39.1 Å². The maximum Gasteiger partial charge on any atom is 0.282 e. The van der Waals surface area contributed by atoms with Crippen LogP contribution in [0.15, 0.2) is 69.0 Å². The Morgan fingerprint density at radius 1 is 1.17 bits per heavy atom. The van der Waals surface area contributed by atoms with E-state index < -0.39 is 4.92 Å². The third-order valence-electron chi connectivity index (χ3n) is 5.11. The van der Waals surface area contributed by atoms with Gasteiger partial charge in [-0.05, 0) is 36.4 Å². The van der Waals surface area contributed by atoms with Crippen LogP contribution in [0.3, 0.4) is 0 Å². The van der Waals surface area contributed by atoms with Crippen LogP contribution in [0.4, 0.5) is 5.69 Å². The van der Waals surface area contributed by atoms with Crippen LogP contribution in [0.5, 0.6) is 5.75 Å². The monoisotopic (exact) mass is 574 g/mol. The molecule has 0 aliphatic rings. The number of hydrogen-bond donors (Lipinski definition) is 0. The van der Waals surface area contributed by atoms with E-state index in [0.717, 1.165) is 4.47 Å². The van der Waals surface area contributed by atoms with Gasteiger partial charge >= 0.3 is 0 Å². The summed E-state index contributed by atoms with van der Waals surface area (Å²) in [7, 11) is 0. The molecule has 0 atom stereocenters. The molecule has 0 fully saturated rings. The smallest absolute Gasteiger partial charge is 0.282 e. The number of nitro groups is 1. The average molecular weight is 576 g/mol. The number of hydrogen-bond acceptors (Lipinski definition) is 6. The fourth-order valence-electron chi connectivity index (χ4n) is 3.34. The molecule has 11 heteroatoms. The van der Waals surface area contributed by atoms with Crippen LogP contribution in [-0.2, 0) is 13.0 Å². The van der Waals surface area contributed by atoms with Crippen molar-refractivity contribution < 1.29 is 9.66 Å². The Morgan fingerprint density at radius 2 is 1.97 bits per heavy atom. The number of non-ortho nitro benzene ring substituents is 1. The minimum Gasteiger partial charge on any atom is -0.488 e. The maximum atomic E-state index is 13.1. The van der Waals surface area contributed by atoms with Crippen LogP contribution in [0, 0.1) is 10.1 Å². The lowest BCUT2D eigenvalue weighted by Crippen LogP contribution is -2.22. The van der Waals surface area contributed by atoms with Crippen molar-refractivity contribution in [3.8, 4) is 5.75 Å². The van der Waals surface area contributed by atoms with Gasteiger partial charge in [-0.25, -0.2) is 4.98 Å². The highest BCUT2D eigenvalue weighted by Gasteiger charge is 2.14. The Morgan fingerprint density at radius 3 is 2.69 bits per heavy atom. The van der Waals surface area contributed by atoms with Crippen LogP contribution in [0.2, 0.25) is 10.0 Å². The molecule has 0 bridgehead atoms. The number of benzene rings is 3. The largest absolute Gasteiger partial charge is 0.488 e. The summed E-state index contributed by atoms with van der Waals surface area (Å²) in [4.78, 5) is 28.5. The molecule has 0 aliphatic heterocycles. The molecule has 0 N–H and O–H groups in total. The lowest BCUT2D eigenvalue weighted by Gasteiger charge is -2.11. The molecule has 0 unspecified atom stereocenters. The average Bonchev–Trinajstić information content (AvgIpc) is 2.83. The molecule has 0 saturated heterocycles. The first kappa shape index (κ1) is 24.8. The van der Waals surface area contributed by atoms with Gasteiger partial charge in [0.2, 0.25) is 0 Å². The predicted molar refractivity (Wildman–Crippen MR) is 140 cm³/mol. The van der Waals surface area contributed by atoms with Crippen molar-refractivity contribution in [2.24, 2.45) is 5.10 Å². The predicted octanol–water partition coefficient (Wildman–Crippen LogP) is 6.40. The number of aromatic nitrogens is 2. The summed E-state index contributed by atoms with van der Waals surface area (Å²) in [5.74, 6) is 0.773. The summed E-state index contributed by atoms with van der Waals surface area (Å²) in [6, 6.07) is 14.4. The maximum absolute atomic E-state index is 13.1. The standard InChI is InChI=1S/C24H17BrCl2N4O4/c1-2-23-29-21-7-4-16(25)10-19(21)24(32)30(23)28-12-15-9-18(31(33)34)6-8-22(15)35-13-14-3-5-17(26)11-20(14)27/h3-12H,2,13H2,1H3. The Balaban J connectivity index is 1.74. The third-order valence-corrected chi connectivity index (χ3v) is 6.19. The van der Waals surface area contributed by atoms with Crippen molar-refractivity contribution in [2.75, 3.05) is 0 Å². The van der Waals surface area contributed by atoms with Crippen molar-refractivity contribution in [3.63, 3.8) is 0 Å². The molecular weight excluding hydrogens is 559 g/mol. The fourth-order valence-corrected chi connectivity index (χ4v) is 4.16. The summed E-state index contributed by atoms with van der Waals surface area (Å²) in [6.45, 7) is 1.95. The molecule has 1 aromatic heterocycles. The van der Waals surface area contributed by atoms with Crippen LogP contribution in [-0.4, -0.2) is 20.8 Å². The van der Waals surface area contributed by atoms with Crippen molar-refractivity contribution in [1.29, 1.82) is 0 Å². The Hall–Kier alpha value is -3.27. The lowest BCUT2D eigenvalue weighted by molar-refractivity contribution is -0.384. The van der Waals surface area contributed by atoms with Gasteiger partial charge in [-0.15, -0.1) is 0 Å². The highest BCUT2D eigenvalue weighted by Crippen LogP contribution is 2.26. The number of ether oxygens (including phenoxy) is 1. The van der Waals surface area contributed by atoms with Crippen LogP contribution in [0.25, 0.3) is 10.9 Å². The van der Waals surface area contributed by atoms with Gasteiger partial charge in [0, 0.05) is 44.2 Å². The lowest BCUT2D eigenvalue weighted by atomic mass is 10.2. The van der Waals surface area contributed by atoms with Crippen molar-refractivity contribution in [2.45, 2.75) is 20.0 Å². The Bertz CT molecular complexity index is 1540. The molecule has 3 aromatic carbocycles. The number of aryl methyl sites for hydroxylation is 1. The van der Waals surface area contributed by atoms with Gasteiger partial charge in [-0.2, -0.15) is 9.78 Å². The zero-order valence-corrected chi connectivity index (χ0v) is 21.3. The van der Waals surface area contributed by atoms with E-state index in [1.807, 2.05) is 13.0 Å². The fraction of sp³-hybridized carbons (Fsp3) is 0.125. The number of halogens is 3. The molecule has 35 heavy (non-hydrogen) atoms. The SMILES string of the molecule is CCc1nc2ccc(Br)cc2c(=O)n1N=Cc1cc([N+](=O)[O-])ccc1OCc1ccc(Cl)cc1Cl. The van der Waals surface area contributed by atoms with E-state index >= 15 is 0 Å². The van der Waals surface area contributed by atoms with Crippen molar-refractivity contribution in [3.05, 3.63) is 107 Å². The summed E-state index contributed by atoms with van der Waals surface area (Å²) in [5, 5.41) is 17.0. The highest BCUT2D eigenvalue weighted by atomic mass is 79.9. The number of nitrogens with zero attached hydrogens (tertiary/aromatic N) is 4. The highest BCUT2D eigenvalue weighted by molar-refractivity contribution is 9.10. The van der Waals surface area contributed by atoms with Gasteiger partial charge in [0.15, 0.2) is 0 Å². The number of rotatable bonds is 7. The number of fused-ring (bicyclic) bond motifs is 1. The van der Waals surface area contributed by atoms with E-state index in [4.69, 9.17) is 27.9 Å². The molecule has 8 nitrogen and oxygen atoms in total. The summed E-state index contributed by atoms with van der Waals surface area (Å²) in [6.07, 6.45) is 1.80. The van der Waals surface area contributed by atoms with Crippen LogP contribution < -0.4 is 10.3 Å². The molecule has 178 valence electrons. The second-order valence-corrected chi connectivity index (χ2v) is 9.17. The third kappa shape index (κ3) is 5.53. The van der Waals surface area contributed by atoms with Gasteiger partial charge < -0.3 is 4.74 Å². The minimum atomic E-state index is -0.518. The summed E-state index contributed by atoms with van der Waals surface area (Å²) >= 11 is 15.5. The first-order valence-corrected chi connectivity index (χ1v) is 11.9. The summed E-state index contributed by atoms with van der Waals surface area (Å²) in [5.41, 5.74) is 1.05. The molecule has 0 spiro atoms. The topological polar surface area (TPSA) is 99.6 Å². The van der Waals surface area contributed by atoms with E-state index in [-0.39, 0.29) is 17.9 Å². The second kappa shape index (κ2) is 10.6. The molecule has 4 aromatic rings. The Labute approximate surface area is 218 Å². The number of nitro benzene ring substituents is 1. The quantitative estimate of drug-likeness (QED) is 0.144. The van der Waals surface area contributed by atoms with Crippen LogP contribution in [0.1, 0.15) is 23.9 Å². The van der Waals surface area contributed by atoms with Gasteiger partial charge in [-0.3, -0.25) is 14.9 Å². The Kier molecular flexibility index (Phi) is 7.49. The van der Waals surface area contributed by atoms with E-state index in [1.165, 1.54) is 29.1 Å². The van der Waals surface area contributed by atoms with Crippen molar-refractivity contribution in [1.82, 2.24) is 9.66 Å². The second-order valence-electron chi connectivity index (χ2n) is 7.41. The molecule has 4 rings (SSSR count). The normalized spacial score (nSPS) is 11.3. The van der Waals surface area contributed by atoms with Crippen molar-refractivity contribution >= 4 is 61.9 Å². The molecule has 0 saturated carbocycles. The molecular formula is C24H17BrCl2N4O4. The zero-order chi connectivity index (χ0) is 25.1. The van der Waals surface area contributed by atoms with E-state index in [1.54, 1.807) is 30.3 Å². The van der Waals surface area contributed by atoms with Gasteiger partial charge in [-0.1, -0.05) is 52.1 Å². The molecule has 0 aliphatic carbocycles. The van der Waals surface area contributed by atoms with Gasteiger partial charge in [0.05, 0.1) is 22.0 Å². The summed E-state index contributed by atoms with van der Waals surface area (Å²) < 4.78 is 7.81. The molecule has 1 heterocycles. The first-order chi connectivity index (χ1) is 16.8. The molecule has 0 amide bonds. The van der Waals surface area contributed by atoms with E-state index in [0.29, 0.717) is 50.1 Å². The van der Waals surface area contributed by atoms with Gasteiger partial charge in [0.25, 0.3) is 11.2 Å². The minimum absolute atomic E-state index is 0.0976. The van der Waals surface area contributed by atoms with E-state index in [9.17, 15) is 14.9 Å². The van der Waals surface area contributed by atoms with Gasteiger partial charge in [0.1, 0.15) is 18.2 Å².